The van der Waals surface area contributed by atoms with Gasteiger partial charge in [0.25, 0.3) is 0 Å². The van der Waals surface area contributed by atoms with Crippen LogP contribution >= 0.6 is 0 Å². The van der Waals surface area contributed by atoms with Gasteiger partial charge in [-0.15, -0.1) is 0 Å². The molecule has 0 aromatic rings. The number of hydrogen-bond acceptors (Lipinski definition) is 2. The van der Waals surface area contributed by atoms with Gasteiger partial charge in [-0.2, -0.15) is 0 Å². The van der Waals surface area contributed by atoms with Crippen LogP contribution in [0.2, 0.25) is 0 Å². The van der Waals surface area contributed by atoms with Crippen molar-refractivity contribution in [1.82, 2.24) is 0 Å². The standard InChI is InChI=1S/C19H32O2/c20-18(16-8-4-1-2-5-9-16)12-14-19(21,15-13-18)17-10-6-3-7-11-17/h12,14,16-17,20-21H,1-11,13,15H2. The fraction of sp³-hybridized carbons (Fsp3) is 0.895. The van der Waals surface area contributed by atoms with Gasteiger partial charge in [0.15, 0.2) is 0 Å². The summed E-state index contributed by atoms with van der Waals surface area (Å²) in [5, 5.41) is 22.0. The van der Waals surface area contributed by atoms with Gasteiger partial charge in [-0.25, -0.2) is 0 Å². The van der Waals surface area contributed by atoms with Crippen LogP contribution in [0.3, 0.4) is 0 Å². The summed E-state index contributed by atoms with van der Waals surface area (Å²) in [5.41, 5.74) is -1.29. The monoisotopic (exact) mass is 292 g/mol. The quantitative estimate of drug-likeness (QED) is 0.587. The van der Waals surface area contributed by atoms with Crippen molar-refractivity contribution in [3.8, 4) is 0 Å². The van der Waals surface area contributed by atoms with Crippen LogP contribution in [-0.2, 0) is 0 Å². The van der Waals surface area contributed by atoms with Crippen molar-refractivity contribution in [2.24, 2.45) is 11.8 Å². The number of aliphatic hydroxyl groups is 2. The molecule has 2 N–H and O–H groups in total. The van der Waals surface area contributed by atoms with E-state index in [4.69, 9.17) is 0 Å². The Balaban J connectivity index is 1.69. The molecule has 120 valence electrons. The summed E-state index contributed by atoms with van der Waals surface area (Å²) < 4.78 is 0. The van der Waals surface area contributed by atoms with Crippen LogP contribution in [-0.4, -0.2) is 21.4 Å². The topological polar surface area (TPSA) is 40.5 Å². The van der Waals surface area contributed by atoms with Gasteiger partial charge in [-0.05, 0) is 50.4 Å². The van der Waals surface area contributed by atoms with Crippen LogP contribution in [0, 0.1) is 11.8 Å². The van der Waals surface area contributed by atoms with Gasteiger partial charge in [-0.1, -0.05) is 57.1 Å². The predicted octanol–water partition coefficient (Wildman–Crippen LogP) is 4.35. The molecule has 0 aromatic carbocycles. The zero-order valence-electron chi connectivity index (χ0n) is 13.4. The fourth-order valence-corrected chi connectivity index (χ4v) is 4.92. The molecule has 2 heteroatoms. The van der Waals surface area contributed by atoms with E-state index in [1.165, 1.54) is 44.9 Å². The van der Waals surface area contributed by atoms with Crippen molar-refractivity contribution in [3.05, 3.63) is 12.2 Å². The van der Waals surface area contributed by atoms with Gasteiger partial charge in [-0.3, -0.25) is 0 Å². The molecular weight excluding hydrogens is 260 g/mol. The number of hydrogen-bond donors (Lipinski definition) is 2. The Morgan fingerprint density at radius 1 is 0.571 bits per heavy atom. The molecule has 0 heterocycles. The largest absolute Gasteiger partial charge is 0.386 e. The van der Waals surface area contributed by atoms with E-state index in [2.05, 4.69) is 0 Å². The van der Waals surface area contributed by atoms with E-state index < -0.39 is 11.2 Å². The highest BCUT2D eigenvalue weighted by Crippen LogP contribution is 2.44. The minimum Gasteiger partial charge on any atom is -0.386 e. The maximum absolute atomic E-state index is 11.1. The van der Waals surface area contributed by atoms with Crippen molar-refractivity contribution in [3.63, 3.8) is 0 Å². The molecule has 3 aliphatic rings. The summed E-state index contributed by atoms with van der Waals surface area (Å²) in [7, 11) is 0. The number of rotatable bonds is 2. The SMILES string of the molecule is OC1(C2CCCCCC2)C=CC(O)(C2CCCCC2)CC1. The Kier molecular flexibility index (Phi) is 4.75. The van der Waals surface area contributed by atoms with Crippen LogP contribution in [0.5, 0.6) is 0 Å². The molecule has 0 bridgehead atoms. The predicted molar refractivity (Wildman–Crippen MR) is 86.0 cm³/mol. The zero-order valence-corrected chi connectivity index (χ0v) is 13.4. The van der Waals surface area contributed by atoms with E-state index >= 15 is 0 Å². The molecule has 2 unspecified atom stereocenters. The smallest absolute Gasteiger partial charge is 0.0857 e. The third-order valence-electron chi connectivity index (χ3n) is 6.46. The van der Waals surface area contributed by atoms with E-state index in [-0.39, 0.29) is 0 Å². The third-order valence-corrected chi connectivity index (χ3v) is 6.46. The first-order valence-corrected chi connectivity index (χ1v) is 9.28. The molecular formula is C19H32O2. The first-order valence-electron chi connectivity index (χ1n) is 9.28. The van der Waals surface area contributed by atoms with E-state index in [0.29, 0.717) is 11.8 Å². The Hall–Kier alpha value is -0.340. The molecule has 3 aliphatic carbocycles. The fourth-order valence-electron chi connectivity index (χ4n) is 4.92. The van der Waals surface area contributed by atoms with E-state index in [9.17, 15) is 10.2 Å². The molecule has 2 fully saturated rings. The second kappa shape index (κ2) is 6.42. The zero-order chi connectivity index (χ0) is 14.8. The molecule has 0 aromatic heterocycles. The minimum absolute atomic E-state index is 0.409. The van der Waals surface area contributed by atoms with Crippen molar-refractivity contribution in [1.29, 1.82) is 0 Å². The van der Waals surface area contributed by atoms with Crippen LogP contribution in [0.15, 0.2) is 12.2 Å². The summed E-state index contributed by atoms with van der Waals surface area (Å²) in [6, 6.07) is 0. The average molecular weight is 292 g/mol. The van der Waals surface area contributed by atoms with Gasteiger partial charge in [0.1, 0.15) is 0 Å². The van der Waals surface area contributed by atoms with E-state index in [1.807, 2.05) is 12.2 Å². The Morgan fingerprint density at radius 3 is 1.24 bits per heavy atom. The lowest BCUT2D eigenvalue weighted by Gasteiger charge is -2.44. The average Bonchev–Trinajstić information content (AvgIpc) is 2.81. The lowest BCUT2D eigenvalue weighted by Crippen LogP contribution is -2.46. The van der Waals surface area contributed by atoms with Crippen LogP contribution in [0.1, 0.15) is 83.5 Å². The molecule has 2 saturated carbocycles. The van der Waals surface area contributed by atoms with Gasteiger partial charge >= 0.3 is 0 Å². The van der Waals surface area contributed by atoms with Gasteiger partial charge in [0.2, 0.25) is 0 Å². The highest BCUT2D eigenvalue weighted by molar-refractivity contribution is 5.18. The lowest BCUT2D eigenvalue weighted by molar-refractivity contribution is -0.0551. The van der Waals surface area contributed by atoms with Crippen molar-refractivity contribution in [2.45, 2.75) is 94.7 Å². The van der Waals surface area contributed by atoms with E-state index in [1.54, 1.807) is 0 Å². The minimum atomic E-state index is -0.648. The van der Waals surface area contributed by atoms with Gasteiger partial charge in [0, 0.05) is 0 Å². The first kappa shape index (κ1) is 15.6. The lowest BCUT2D eigenvalue weighted by atomic mass is 9.67. The molecule has 2 atom stereocenters. The highest BCUT2D eigenvalue weighted by atomic mass is 16.3. The molecule has 0 radical (unpaired) electrons. The third kappa shape index (κ3) is 3.37. The first-order chi connectivity index (χ1) is 10.1. The summed E-state index contributed by atoms with van der Waals surface area (Å²) in [4.78, 5) is 0. The second-order valence-electron chi connectivity index (χ2n) is 7.84. The van der Waals surface area contributed by atoms with Crippen LogP contribution in [0.4, 0.5) is 0 Å². The molecule has 21 heavy (non-hydrogen) atoms. The second-order valence-corrected chi connectivity index (χ2v) is 7.84. The summed E-state index contributed by atoms with van der Waals surface area (Å²) in [6.45, 7) is 0. The molecule has 2 nitrogen and oxygen atoms in total. The molecule has 3 rings (SSSR count). The summed E-state index contributed by atoms with van der Waals surface area (Å²) >= 11 is 0. The Morgan fingerprint density at radius 2 is 0.905 bits per heavy atom. The van der Waals surface area contributed by atoms with Crippen molar-refractivity contribution in [2.75, 3.05) is 0 Å². The highest BCUT2D eigenvalue weighted by Gasteiger charge is 2.44. The Bertz CT molecular complexity index is 364. The normalized spacial score (nSPS) is 40.1. The molecule has 0 amide bonds. The molecule has 0 spiro atoms. The summed E-state index contributed by atoms with van der Waals surface area (Å²) in [5.74, 6) is 0.827. The van der Waals surface area contributed by atoms with Crippen LogP contribution < -0.4 is 0 Å². The van der Waals surface area contributed by atoms with Crippen molar-refractivity contribution >= 4 is 0 Å². The van der Waals surface area contributed by atoms with Crippen LogP contribution in [0.25, 0.3) is 0 Å². The summed E-state index contributed by atoms with van der Waals surface area (Å²) in [6.07, 6.45) is 19.1. The maximum Gasteiger partial charge on any atom is 0.0857 e. The maximum atomic E-state index is 11.1. The molecule has 0 saturated heterocycles. The van der Waals surface area contributed by atoms with Gasteiger partial charge in [0.05, 0.1) is 11.2 Å². The molecule has 0 aliphatic heterocycles. The van der Waals surface area contributed by atoms with Gasteiger partial charge < -0.3 is 10.2 Å². The van der Waals surface area contributed by atoms with Crippen molar-refractivity contribution < 1.29 is 10.2 Å². The van der Waals surface area contributed by atoms with E-state index in [0.717, 1.165) is 38.5 Å². The Labute approximate surface area is 129 Å².